The number of aromatic nitrogens is 4. The molecule has 0 aromatic carbocycles. The van der Waals surface area contributed by atoms with E-state index in [9.17, 15) is 4.39 Å². The van der Waals surface area contributed by atoms with Gasteiger partial charge in [0.25, 0.3) is 0 Å². The average molecular weight is 387 g/mol. The van der Waals surface area contributed by atoms with Crippen LogP contribution in [-0.4, -0.2) is 46.6 Å². The molecule has 27 heavy (non-hydrogen) atoms. The van der Waals surface area contributed by atoms with Crippen molar-refractivity contribution in [2.45, 2.75) is 26.2 Å². The lowest BCUT2D eigenvalue weighted by atomic mass is 9.96. The van der Waals surface area contributed by atoms with Gasteiger partial charge in [-0.05, 0) is 36.6 Å². The lowest BCUT2D eigenvalue weighted by Gasteiger charge is -2.35. The summed E-state index contributed by atoms with van der Waals surface area (Å²) in [5.74, 6) is 1.65. The molecule has 3 aromatic rings. The maximum atomic E-state index is 14.5. The molecule has 1 aliphatic rings. The predicted molar refractivity (Wildman–Crippen MR) is 107 cm³/mol. The third-order valence-electron chi connectivity index (χ3n) is 5.23. The zero-order valence-corrected chi connectivity index (χ0v) is 16.4. The van der Waals surface area contributed by atoms with E-state index in [2.05, 4.69) is 36.3 Å². The highest BCUT2D eigenvalue weighted by atomic mass is 32.1. The Balaban J connectivity index is 1.40. The van der Waals surface area contributed by atoms with Gasteiger partial charge in [-0.3, -0.25) is 0 Å². The Hall–Kier alpha value is -2.35. The van der Waals surface area contributed by atoms with E-state index in [0.717, 1.165) is 48.5 Å². The molecule has 1 saturated heterocycles. The Kier molecular flexibility index (Phi) is 5.15. The Labute approximate surface area is 162 Å². The zero-order valence-electron chi connectivity index (χ0n) is 15.6. The number of rotatable bonds is 5. The number of nitrogens with zero attached hydrogens (tertiary/aromatic N) is 6. The van der Waals surface area contributed by atoms with E-state index < -0.39 is 0 Å². The molecule has 6 nitrogen and oxygen atoms in total. The van der Waals surface area contributed by atoms with Gasteiger partial charge in [0.15, 0.2) is 11.6 Å². The van der Waals surface area contributed by atoms with Gasteiger partial charge in [0.05, 0.1) is 11.1 Å². The van der Waals surface area contributed by atoms with Crippen molar-refractivity contribution in [1.82, 2.24) is 19.9 Å². The third kappa shape index (κ3) is 3.58. The number of anilines is 2. The van der Waals surface area contributed by atoms with E-state index >= 15 is 0 Å². The second-order valence-corrected chi connectivity index (χ2v) is 7.85. The summed E-state index contributed by atoms with van der Waals surface area (Å²) in [6.07, 6.45) is 5.78. The molecule has 0 atom stereocenters. The zero-order chi connectivity index (χ0) is 18.8. The van der Waals surface area contributed by atoms with E-state index in [4.69, 9.17) is 0 Å². The van der Waals surface area contributed by atoms with Gasteiger partial charge in [-0.2, -0.15) is 0 Å². The monoisotopic (exact) mass is 386 g/mol. The molecule has 0 radical (unpaired) electrons. The fraction of sp³-hybridized carbons (Fsp3) is 0.474. The number of fused-ring (bicyclic) bond motifs is 1. The summed E-state index contributed by atoms with van der Waals surface area (Å²) in [6.45, 7) is 4.60. The van der Waals surface area contributed by atoms with Crippen molar-refractivity contribution >= 4 is 33.2 Å². The van der Waals surface area contributed by atoms with Crippen LogP contribution >= 0.6 is 11.3 Å². The van der Waals surface area contributed by atoms with Crippen molar-refractivity contribution < 1.29 is 4.39 Å². The molecule has 0 unspecified atom stereocenters. The molecule has 0 saturated carbocycles. The highest BCUT2D eigenvalue weighted by molar-refractivity contribution is 7.16. The third-order valence-corrected chi connectivity index (χ3v) is 6.05. The van der Waals surface area contributed by atoms with Crippen LogP contribution in [0.3, 0.4) is 0 Å². The SMILES string of the molecule is CCc1ncnc(N(C)CC2CCN(c3ncnc4sccc34)CC2)c1F. The van der Waals surface area contributed by atoms with Crippen LogP contribution in [-0.2, 0) is 6.42 Å². The summed E-state index contributed by atoms with van der Waals surface area (Å²) in [4.78, 5) is 22.3. The van der Waals surface area contributed by atoms with Gasteiger partial charge >= 0.3 is 0 Å². The standard InChI is InChI=1S/C19H23FN6S/c1-3-15-16(20)18(23-11-21-15)25(2)10-13-4-7-26(8-5-13)17-14-6-9-27-19(14)24-12-22-17/h6,9,11-13H,3-5,7-8,10H2,1-2H3. The first-order valence-electron chi connectivity index (χ1n) is 9.31. The van der Waals surface area contributed by atoms with Gasteiger partial charge in [-0.15, -0.1) is 11.3 Å². The lowest BCUT2D eigenvalue weighted by molar-refractivity contribution is 0.405. The van der Waals surface area contributed by atoms with Crippen LogP contribution in [0.5, 0.6) is 0 Å². The fourth-order valence-electron chi connectivity index (χ4n) is 3.74. The first kappa shape index (κ1) is 18.0. The minimum Gasteiger partial charge on any atom is -0.357 e. The summed E-state index contributed by atoms with van der Waals surface area (Å²) in [5.41, 5.74) is 0.477. The Morgan fingerprint density at radius 2 is 1.96 bits per heavy atom. The summed E-state index contributed by atoms with van der Waals surface area (Å²) in [7, 11) is 1.91. The minimum atomic E-state index is -0.291. The molecule has 0 spiro atoms. The molecule has 4 rings (SSSR count). The van der Waals surface area contributed by atoms with Crippen LogP contribution in [0.25, 0.3) is 10.2 Å². The molecule has 1 aliphatic heterocycles. The number of aryl methyl sites for hydroxylation is 1. The Morgan fingerprint density at radius 3 is 2.74 bits per heavy atom. The van der Waals surface area contributed by atoms with Gasteiger partial charge in [-0.25, -0.2) is 24.3 Å². The average Bonchev–Trinajstić information content (AvgIpc) is 3.17. The van der Waals surface area contributed by atoms with Crippen molar-refractivity contribution in [3.8, 4) is 0 Å². The second kappa shape index (κ2) is 7.72. The normalized spacial score (nSPS) is 15.4. The lowest BCUT2D eigenvalue weighted by Crippen LogP contribution is -2.38. The Morgan fingerprint density at radius 1 is 1.19 bits per heavy atom. The highest BCUT2D eigenvalue weighted by Gasteiger charge is 2.24. The maximum absolute atomic E-state index is 14.5. The quantitative estimate of drug-likeness (QED) is 0.669. The van der Waals surface area contributed by atoms with Gasteiger partial charge in [0.2, 0.25) is 0 Å². The van der Waals surface area contributed by atoms with E-state index in [1.54, 1.807) is 17.7 Å². The topological polar surface area (TPSA) is 58.0 Å². The van der Waals surface area contributed by atoms with E-state index in [1.165, 1.54) is 6.33 Å². The van der Waals surface area contributed by atoms with E-state index in [1.807, 2.05) is 18.9 Å². The number of halogens is 1. The number of hydrogen-bond donors (Lipinski definition) is 0. The molecular weight excluding hydrogens is 363 g/mol. The summed E-state index contributed by atoms with van der Waals surface area (Å²) >= 11 is 1.64. The summed E-state index contributed by atoms with van der Waals surface area (Å²) < 4.78 is 14.5. The molecule has 1 fully saturated rings. The first-order valence-corrected chi connectivity index (χ1v) is 10.2. The highest BCUT2D eigenvalue weighted by Crippen LogP contribution is 2.30. The van der Waals surface area contributed by atoms with Crippen LogP contribution in [0.15, 0.2) is 24.1 Å². The minimum absolute atomic E-state index is 0.291. The molecule has 8 heteroatoms. The fourth-order valence-corrected chi connectivity index (χ4v) is 4.47. The maximum Gasteiger partial charge on any atom is 0.187 e. The van der Waals surface area contributed by atoms with E-state index in [-0.39, 0.29) is 5.82 Å². The molecule has 0 N–H and O–H groups in total. The molecule has 0 aliphatic carbocycles. The van der Waals surface area contributed by atoms with Crippen molar-refractivity contribution in [3.05, 3.63) is 35.6 Å². The van der Waals surface area contributed by atoms with Gasteiger partial charge < -0.3 is 9.80 Å². The van der Waals surface area contributed by atoms with Crippen LogP contribution in [0, 0.1) is 11.7 Å². The van der Waals surface area contributed by atoms with Crippen molar-refractivity contribution in [3.63, 3.8) is 0 Å². The van der Waals surface area contributed by atoms with Crippen LogP contribution < -0.4 is 9.80 Å². The predicted octanol–water partition coefficient (Wildman–Crippen LogP) is 3.54. The molecule has 4 heterocycles. The Bertz CT molecular complexity index is 921. The second-order valence-electron chi connectivity index (χ2n) is 6.96. The summed E-state index contributed by atoms with van der Waals surface area (Å²) in [6, 6.07) is 2.10. The first-order chi connectivity index (χ1) is 13.2. The number of hydrogen-bond acceptors (Lipinski definition) is 7. The van der Waals surface area contributed by atoms with E-state index in [0.29, 0.717) is 23.9 Å². The molecule has 142 valence electrons. The van der Waals surface area contributed by atoms with Crippen LogP contribution in [0.1, 0.15) is 25.5 Å². The molecular formula is C19H23FN6S. The van der Waals surface area contributed by atoms with Crippen molar-refractivity contribution in [2.75, 3.05) is 36.5 Å². The van der Waals surface area contributed by atoms with Gasteiger partial charge in [0.1, 0.15) is 23.3 Å². The number of thiophene rings is 1. The van der Waals surface area contributed by atoms with Crippen molar-refractivity contribution in [1.29, 1.82) is 0 Å². The molecule has 0 amide bonds. The smallest absolute Gasteiger partial charge is 0.187 e. The molecule has 3 aromatic heterocycles. The van der Waals surface area contributed by atoms with Gasteiger partial charge in [-0.1, -0.05) is 6.92 Å². The van der Waals surface area contributed by atoms with Crippen molar-refractivity contribution in [2.24, 2.45) is 5.92 Å². The van der Waals surface area contributed by atoms with Crippen LogP contribution in [0.2, 0.25) is 0 Å². The van der Waals surface area contributed by atoms with Gasteiger partial charge in [0, 0.05) is 26.7 Å². The number of piperidine rings is 1. The molecule has 0 bridgehead atoms. The summed E-state index contributed by atoms with van der Waals surface area (Å²) in [5, 5.41) is 3.19. The largest absolute Gasteiger partial charge is 0.357 e. The van der Waals surface area contributed by atoms with Crippen LogP contribution in [0.4, 0.5) is 16.0 Å².